The first-order valence-electron chi connectivity index (χ1n) is 7.81. The Morgan fingerprint density at radius 2 is 1.52 bits per heavy atom. The molecule has 0 bridgehead atoms. The van der Waals surface area contributed by atoms with E-state index in [1.807, 2.05) is 36.4 Å². The number of hydrogen-bond acceptors (Lipinski definition) is 4. The van der Waals surface area contributed by atoms with E-state index in [4.69, 9.17) is 4.74 Å². The molecule has 0 aliphatic heterocycles. The van der Waals surface area contributed by atoms with E-state index < -0.39 is 0 Å². The maximum absolute atomic E-state index is 12.7. The van der Waals surface area contributed by atoms with Gasteiger partial charge in [-0.3, -0.25) is 9.59 Å². The largest absolute Gasteiger partial charge is 0.496 e. The first-order valence-corrected chi connectivity index (χ1v) is 8.69. The third-order valence-corrected chi connectivity index (χ3v) is 5.18. The van der Waals surface area contributed by atoms with Gasteiger partial charge in [0.2, 0.25) is 0 Å². The molecule has 0 atom stereocenters. The quantitative estimate of drug-likeness (QED) is 0.402. The number of rotatable bonds is 3. The van der Waals surface area contributed by atoms with Crippen LogP contribution < -0.4 is 4.74 Å². The SMILES string of the molecule is COc1csc(C(=O)C=C2c3ccccc3C(=O)c3ccccc32)c1. The number of allylic oxidation sites excluding steroid dienone is 1. The van der Waals surface area contributed by atoms with Crippen LogP contribution in [-0.4, -0.2) is 18.7 Å². The van der Waals surface area contributed by atoms with Gasteiger partial charge in [-0.1, -0.05) is 48.5 Å². The smallest absolute Gasteiger partial charge is 0.196 e. The van der Waals surface area contributed by atoms with Crippen molar-refractivity contribution in [3.63, 3.8) is 0 Å². The normalized spacial score (nSPS) is 12.4. The maximum atomic E-state index is 12.7. The Balaban J connectivity index is 1.88. The summed E-state index contributed by atoms with van der Waals surface area (Å²) in [6, 6.07) is 16.6. The molecule has 1 aromatic heterocycles. The first kappa shape index (κ1) is 15.5. The topological polar surface area (TPSA) is 43.4 Å². The molecular weight excluding hydrogens is 332 g/mol. The van der Waals surface area contributed by atoms with Crippen LogP contribution in [0.3, 0.4) is 0 Å². The minimum atomic E-state index is -0.0951. The van der Waals surface area contributed by atoms with Crippen LogP contribution in [0.5, 0.6) is 5.75 Å². The van der Waals surface area contributed by atoms with Crippen molar-refractivity contribution in [2.45, 2.75) is 0 Å². The van der Waals surface area contributed by atoms with Crippen molar-refractivity contribution >= 4 is 28.5 Å². The Bertz CT molecular complexity index is 975. The van der Waals surface area contributed by atoms with Gasteiger partial charge < -0.3 is 4.74 Å². The van der Waals surface area contributed by atoms with Crippen molar-refractivity contribution in [2.75, 3.05) is 7.11 Å². The third kappa shape index (κ3) is 2.61. The molecule has 3 aromatic rings. The van der Waals surface area contributed by atoms with Crippen molar-refractivity contribution in [2.24, 2.45) is 0 Å². The molecule has 4 rings (SSSR count). The van der Waals surface area contributed by atoms with Gasteiger partial charge in [0.15, 0.2) is 11.6 Å². The molecule has 0 saturated heterocycles. The van der Waals surface area contributed by atoms with Gasteiger partial charge in [-0.25, -0.2) is 0 Å². The van der Waals surface area contributed by atoms with E-state index in [2.05, 4.69) is 0 Å². The van der Waals surface area contributed by atoms with E-state index in [1.54, 1.807) is 36.8 Å². The summed E-state index contributed by atoms with van der Waals surface area (Å²) >= 11 is 1.35. The van der Waals surface area contributed by atoms with Crippen molar-refractivity contribution < 1.29 is 14.3 Å². The molecule has 0 unspecified atom stereocenters. The highest BCUT2D eigenvalue weighted by Crippen LogP contribution is 2.36. The zero-order valence-electron chi connectivity index (χ0n) is 13.5. The number of ketones is 2. The standard InChI is InChI=1S/C21H14O3S/c1-24-13-10-20(25-12-13)19(22)11-18-14-6-2-4-8-16(14)21(23)17-9-5-3-7-15(17)18/h2-12H,1H3. The lowest BCUT2D eigenvalue weighted by Crippen LogP contribution is -2.14. The summed E-state index contributed by atoms with van der Waals surface area (Å²) in [6.07, 6.45) is 1.62. The molecule has 1 aliphatic carbocycles. The predicted octanol–water partition coefficient (Wildman–Crippen LogP) is 4.62. The summed E-state index contributed by atoms with van der Waals surface area (Å²) in [5, 5.41) is 1.80. The maximum Gasteiger partial charge on any atom is 0.196 e. The first-order chi connectivity index (χ1) is 12.2. The van der Waals surface area contributed by atoms with Crippen LogP contribution in [0.1, 0.15) is 36.7 Å². The monoisotopic (exact) mass is 346 g/mol. The van der Waals surface area contributed by atoms with Crippen molar-refractivity contribution in [3.05, 3.63) is 93.2 Å². The van der Waals surface area contributed by atoms with Gasteiger partial charge in [-0.05, 0) is 22.8 Å². The number of hydrogen-bond donors (Lipinski definition) is 0. The fourth-order valence-corrected chi connectivity index (χ4v) is 3.80. The van der Waals surface area contributed by atoms with Crippen LogP contribution in [0.2, 0.25) is 0 Å². The summed E-state index contributed by atoms with van der Waals surface area (Å²) in [5.41, 5.74) is 3.63. The second kappa shape index (κ2) is 6.15. The highest BCUT2D eigenvalue weighted by Gasteiger charge is 2.26. The Kier molecular flexibility index (Phi) is 3.82. The molecular formula is C21H14O3S. The van der Waals surface area contributed by atoms with Crippen LogP contribution >= 0.6 is 11.3 Å². The predicted molar refractivity (Wildman–Crippen MR) is 98.6 cm³/mol. The van der Waals surface area contributed by atoms with E-state index in [1.165, 1.54) is 11.3 Å². The minimum Gasteiger partial charge on any atom is -0.496 e. The molecule has 0 saturated carbocycles. The van der Waals surface area contributed by atoms with Gasteiger partial charge in [-0.15, -0.1) is 11.3 Å². The molecule has 0 N–H and O–H groups in total. The minimum absolute atomic E-state index is 0.00593. The lowest BCUT2D eigenvalue weighted by Gasteiger charge is -2.21. The molecule has 0 spiro atoms. The van der Waals surface area contributed by atoms with Crippen LogP contribution in [0, 0.1) is 0 Å². The van der Waals surface area contributed by atoms with Gasteiger partial charge in [-0.2, -0.15) is 0 Å². The number of ether oxygens (including phenoxy) is 1. The number of fused-ring (bicyclic) bond motifs is 2. The van der Waals surface area contributed by atoms with Crippen LogP contribution in [-0.2, 0) is 0 Å². The summed E-state index contributed by atoms with van der Waals surface area (Å²) < 4.78 is 5.15. The number of carbonyl (C=O) groups is 2. The Hall–Kier alpha value is -2.98. The van der Waals surface area contributed by atoms with E-state index >= 15 is 0 Å². The second-order valence-electron chi connectivity index (χ2n) is 5.69. The van der Waals surface area contributed by atoms with Gasteiger partial charge in [0.25, 0.3) is 0 Å². The third-order valence-electron chi connectivity index (χ3n) is 4.25. The summed E-state index contributed by atoms with van der Waals surface area (Å²) in [4.78, 5) is 26.1. The zero-order chi connectivity index (χ0) is 17.4. The fourth-order valence-electron chi connectivity index (χ4n) is 3.03. The summed E-state index contributed by atoms with van der Waals surface area (Å²) in [7, 11) is 1.58. The van der Waals surface area contributed by atoms with Crippen molar-refractivity contribution in [3.8, 4) is 5.75 Å². The lowest BCUT2D eigenvalue weighted by molar-refractivity contribution is 0.103. The van der Waals surface area contributed by atoms with E-state index in [-0.39, 0.29) is 11.6 Å². The molecule has 0 radical (unpaired) electrons. The molecule has 0 amide bonds. The molecule has 25 heavy (non-hydrogen) atoms. The average molecular weight is 346 g/mol. The highest BCUT2D eigenvalue weighted by atomic mass is 32.1. The second-order valence-corrected chi connectivity index (χ2v) is 6.60. The number of benzene rings is 2. The molecule has 0 fully saturated rings. The van der Waals surface area contributed by atoms with Gasteiger partial charge in [0.1, 0.15) is 5.75 Å². The van der Waals surface area contributed by atoms with Crippen LogP contribution in [0.25, 0.3) is 5.57 Å². The zero-order valence-corrected chi connectivity index (χ0v) is 14.3. The molecule has 122 valence electrons. The molecule has 1 aliphatic rings. The molecule has 2 aromatic carbocycles. The van der Waals surface area contributed by atoms with E-state index in [0.717, 1.165) is 16.7 Å². The molecule has 4 heteroatoms. The average Bonchev–Trinajstić information content (AvgIpc) is 3.14. The lowest BCUT2D eigenvalue weighted by atomic mass is 9.81. The summed E-state index contributed by atoms with van der Waals surface area (Å²) in [6.45, 7) is 0. The van der Waals surface area contributed by atoms with Crippen LogP contribution in [0.4, 0.5) is 0 Å². The Labute approximate surface area is 149 Å². The van der Waals surface area contributed by atoms with E-state index in [0.29, 0.717) is 21.8 Å². The van der Waals surface area contributed by atoms with Gasteiger partial charge >= 0.3 is 0 Å². The fraction of sp³-hybridized carbons (Fsp3) is 0.0476. The molecule has 1 heterocycles. The molecule has 3 nitrogen and oxygen atoms in total. The summed E-state index contributed by atoms with van der Waals surface area (Å²) in [5.74, 6) is 0.571. The highest BCUT2D eigenvalue weighted by molar-refractivity contribution is 7.12. The number of methoxy groups -OCH3 is 1. The van der Waals surface area contributed by atoms with Crippen molar-refractivity contribution in [1.82, 2.24) is 0 Å². The van der Waals surface area contributed by atoms with Gasteiger partial charge in [0.05, 0.1) is 12.0 Å². The van der Waals surface area contributed by atoms with Crippen LogP contribution in [0.15, 0.2) is 66.1 Å². The number of thiophene rings is 1. The van der Waals surface area contributed by atoms with E-state index in [9.17, 15) is 9.59 Å². The van der Waals surface area contributed by atoms with Crippen molar-refractivity contribution in [1.29, 1.82) is 0 Å². The Morgan fingerprint density at radius 3 is 2.04 bits per heavy atom. The Morgan fingerprint density at radius 1 is 0.960 bits per heavy atom. The van der Waals surface area contributed by atoms with Gasteiger partial charge in [0, 0.05) is 22.6 Å². The number of carbonyl (C=O) groups excluding carboxylic acids is 2.